The zero-order chi connectivity index (χ0) is 23.0. The molecular weight excluding hydrogens is 441 g/mol. The second-order valence-corrected chi connectivity index (χ2v) is 9.23. The summed E-state index contributed by atoms with van der Waals surface area (Å²) in [5, 5.41) is 14.2. The van der Waals surface area contributed by atoms with E-state index in [-0.39, 0.29) is 29.4 Å². The predicted octanol–water partition coefficient (Wildman–Crippen LogP) is 4.48. The summed E-state index contributed by atoms with van der Waals surface area (Å²) in [6.07, 6.45) is -3.11. The van der Waals surface area contributed by atoms with Crippen molar-refractivity contribution in [1.82, 2.24) is 10.2 Å². The molecule has 0 bridgehead atoms. The zero-order valence-electron chi connectivity index (χ0n) is 17.5. The van der Waals surface area contributed by atoms with Crippen molar-refractivity contribution in [3.63, 3.8) is 0 Å². The number of rotatable bonds is 3. The molecule has 2 saturated heterocycles. The third kappa shape index (κ3) is 4.02. The van der Waals surface area contributed by atoms with Crippen LogP contribution in [-0.2, 0) is 10.4 Å². The molecule has 2 N–H and O–H groups in total. The molecule has 2 aliphatic rings. The van der Waals surface area contributed by atoms with Gasteiger partial charge in [-0.25, -0.2) is 0 Å². The van der Waals surface area contributed by atoms with E-state index in [0.717, 1.165) is 36.5 Å². The number of nitrogens with zero attached hydrogens (tertiary/aromatic N) is 1. The van der Waals surface area contributed by atoms with Gasteiger partial charge in [-0.2, -0.15) is 13.2 Å². The van der Waals surface area contributed by atoms with Crippen LogP contribution in [0.25, 0.3) is 0 Å². The smallest absolute Gasteiger partial charge is 0.368 e. The number of amides is 1. The maximum atomic E-state index is 14.0. The fourth-order valence-electron chi connectivity index (χ4n) is 5.24. The molecule has 2 heterocycles. The van der Waals surface area contributed by atoms with Gasteiger partial charge in [0.15, 0.2) is 0 Å². The van der Waals surface area contributed by atoms with Crippen molar-refractivity contribution in [2.24, 2.45) is 5.41 Å². The molecule has 2 fully saturated rings. The minimum Gasteiger partial charge on any atom is -0.368 e. The van der Waals surface area contributed by atoms with Crippen LogP contribution in [0.1, 0.15) is 36.3 Å². The van der Waals surface area contributed by atoms with Crippen molar-refractivity contribution in [1.29, 1.82) is 0 Å². The monoisotopic (exact) mass is 466 g/mol. The Balaban J connectivity index is 1.58. The SMILES string of the molecule is O=C(N1CCC2(CCNCC2c2ccccc2)CC1)C(O)(c1cccc(Cl)c1)C(F)(F)F. The molecular formula is C24H26ClF3N2O2. The van der Waals surface area contributed by atoms with E-state index in [1.54, 1.807) is 0 Å². The summed E-state index contributed by atoms with van der Waals surface area (Å²) in [5.74, 6) is -1.11. The summed E-state index contributed by atoms with van der Waals surface area (Å²) in [6.45, 7) is 1.97. The molecule has 4 rings (SSSR count). The normalized spacial score (nSPS) is 23.0. The second kappa shape index (κ2) is 8.69. The van der Waals surface area contributed by atoms with Gasteiger partial charge in [-0.1, -0.05) is 54.1 Å². The first-order valence-electron chi connectivity index (χ1n) is 10.8. The van der Waals surface area contributed by atoms with Gasteiger partial charge >= 0.3 is 6.18 Å². The molecule has 1 spiro atoms. The molecule has 2 atom stereocenters. The van der Waals surface area contributed by atoms with Crippen LogP contribution in [0.15, 0.2) is 54.6 Å². The number of carbonyl (C=O) groups excluding carboxylic acids is 1. The van der Waals surface area contributed by atoms with Gasteiger partial charge in [0.05, 0.1) is 0 Å². The molecule has 0 radical (unpaired) electrons. The van der Waals surface area contributed by atoms with Crippen LogP contribution in [0.5, 0.6) is 0 Å². The van der Waals surface area contributed by atoms with E-state index in [1.165, 1.54) is 17.7 Å². The summed E-state index contributed by atoms with van der Waals surface area (Å²) >= 11 is 5.85. The minimum atomic E-state index is -5.18. The first kappa shape index (κ1) is 23.1. The molecule has 4 nitrogen and oxygen atoms in total. The Morgan fingerprint density at radius 3 is 2.38 bits per heavy atom. The maximum absolute atomic E-state index is 14.0. The topological polar surface area (TPSA) is 52.6 Å². The highest BCUT2D eigenvalue weighted by Gasteiger charge is 2.62. The minimum absolute atomic E-state index is 0.0241. The molecule has 2 aromatic rings. The lowest BCUT2D eigenvalue weighted by Crippen LogP contribution is -2.59. The van der Waals surface area contributed by atoms with Crippen LogP contribution >= 0.6 is 11.6 Å². The van der Waals surface area contributed by atoms with Crippen LogP contribution in [-0.4, -0.2) is 48.3 Å². The Kier molecular flexibility index (Phi) is 6.27. The van der Waals surface area contributed by atoms with Crippen molar-refractivity contribution in [2.45, 2.75) is 37.0 Å². The molecule has 8 heteroatoms. The van der Waals surface area contributed by atoms with E-state index in [2.05, 4.69) is 17.4 Å². The molecule has 172 valence electrons. The molecule has 0 saturated carbocycles. The molecule has 32 heavy (non-hydrogen) atoms. The third-order valence-electron chi connectivity index (χ3n) is 7.10. The van der Waals surface area contributed by atoms with Crippen molar-refractivity contribution in [3.8, 4) is 0 Å². The summed E-state index contributed by atoms with van der Waals surface area (Å²) in [6, 6.07) is 14.9. The number of likely N-dealkylation sites (tertiary alicyclic amines) is 1. The fourth-order valence-corrected chi connectivity index (χ4v) is 5.43. The van der Waals surface area contributed by atoms with Gasteiger partial charge in [-0.3, -0.25) is 4.79 Å². The molecule has 0 aliphatic carbocycles. The van der Waals surface area contributed by atoms with E-state index in [0.29, 0.717) is 12.8 Å². The quantitative estimate of drug-likeness (QED) is 0.701. The number of piperidine rings is 2. The first-order valence-corrected chi connectivity index (χ1v) is 11.2. The Morgan fingerprint density at radius 1 is 1.06 bits per heavy atom. The lowest BCUT2D eigenvalue weighted by atomic mass is 9.62. The van der Waals surface area contributed by atoms with Gasteiger partial charge in [0.25, 0.3) is 11.5 Å². The number of carbonyl (C=O) groups is 1. The summed E-state index contributed by atoms with van der Waals surface area (Å²) in [4.78, 5) is 14.3. The number of alkyl halides is 3. The summed E-state index contributed by atoms with van der Waals surface area (Å²) in [5.41, 5.74) is -3.08. The number of benzene rings is 2. The van der Waals surface area contributed by atoms with Gasteiger partial charge in [0, 0.05) is 36.1 Å². The van der Waals surface area contributed by atoms with Crippen molar-refractivity contribution in [2.75, 3.05) is 26.2 Å². The molecule has 1 amide bonds. The highest BCUT2D eigenvalue weighted by molar-refractivity contribution is 6.30. The van der Waals surface area contributed by atoms with E-state index < -0.39 is 23.2 Å². The molecule has 2 aromatic carbocycles. The fraction of sp³-hybridized carbons (Fsp3) is 0.458. The van der Waals surface area contributed by atoms with Gasteiger partial charge in [0.1, 0.15) is 0 Å². The van der Waals surface area contributed by atoms with Crippen molar-refractivity contribution >= 4 is 17.5 Å². The van der Waals surface area contributed by atoms with Gasteiger partial charge in [-0.15, -0.1) is 0 Å². The standard InChI is InChI=1S/C24H26ClF3N2O2/c25-19-8-4-7-18(15-19)23(32,24(26,27)28)21(31)30-13-10-22(11-14-30)9-12-29-16-20(22)17-5-2-1-3-6-17/h1-8,15,20,29,32H,9-14,16H2. The number of nitrogens with one attached hydrogen (secondary N) is 1. The third-order valence-corrected chi connectivity index (χ3v) is 7.33. The lowest BCUT2D eigenvalue weighted by Gasteiger charge is -2.50. The Labute approximate surface area is 190 Å². The van der Waals surface area contributed by atoms with Crippen molar-refractivity contribution < 1.29 is 23.1 Å². The number of hydrogen-bond donors (Lipinski definition) is 2. The van der Waals surface area contributed by atoms with Crippen LogP contribution in [0, 0.1) is 5.41 Å². The number of halogens is 4. The predicted molar refractivity (Wildman–Crippen MR) is 116 cm³/mol. The van der Waals surface area contributed by atoms with E-state index in [1.807, 2.05) is 18.2 Å². The maximum Gasteiger partial charge on any atom is 0.430 e. The summed E-state index contributed by atoms with van der Waals surface area (Å²) in [7, 11) is 0. The van der Waals surface area contributed by atoms with Gasteiger partial charge < -0.3 is 15.3 Å². The zero-order valence-corrected chi connectivity index (χ0v) is 18.3. The Morgan fingerprint density at radius 2 is 1.75 bits per heavy atom. The van der Waals surface area contributed by atoms with Crippen molar-refractivity contribution in [3.05, 3.63) is 70.7 Å². The first-order chi connectivity index (χ1) is 15.2. The van der Waals surface area contributed by atoms with Crippen LogP contribution in [0.3, 0.4) is 0 Å². The van der Waals surface area contributed by atoms with Crippen LogP contribution < -0.4 is 5.32 Å². The molecule has 2 unspecified atom stereocenters. The highest BCUT2D eigenvalue weighted by atomic mass is 35.5. The average molecular weight is 467 g/mol. The molecule has 2 aliphatic heterocycles. The number of aliphatic hydroxyl groups is 1. The van der Waals surface area contributed by atoms with Crippen LogP contribution in [0.4, 0.5) is 13.2 Å². The Hall–Kier alpha value is -2.09. The number of hydrogen-bond acceptors (Lipinski definition) is 3. The lowest BCUT2D eigenvalue weighted by molar-refractivity contribution is -0.262. The second-order valence-electron chi connectivity index (χ2n) is 8.79. The highest BCUT2D eigenvalue weighted by Crippen LogP contribution is 2.49. The molecule has 0 aromatic heterocycles. The average Bonchev–Trinajstić information content (AvgIpc) is 2.79. The van der Waals surface area contributed by atoms with Crippen LogP contribution in [0.2, 0.25) is 5.02 Å². The van der Waals surface area contributed by atoms with E-state index >= 15 is 0 Å². The van der Waals surface area contributed by atoms with E-state index in [4.69, 9.17) is 11.6 Å². The Bertz CT molecular complexity index is 961. The van der Waals surface area contributed by atoms with E-state index in [9.17, 15) is 23.1 Å². The summed E-state index contributed by atoms with van der Waals surface area (Å²) < 4.78 is 42.0. The van der Waals surface area contributed by atoms with Gasteiger partial charge in [-0.05, 0) is 48.9 Å². The largest absolute Gasteiger partial charge is 0.430 e. The van der Waals surface area contributed by atoms with Gasteiger partial charge in [0.2, 0.25) is 0 Å².